The van der Waals surface area contributed by atoms with Crippen molar-refractivity contribution in [1.82, 2.24) is 4.98 Å². The summed E-state index contributed by atoms with van der Waals surface area (Å²) in [6.07, 6.45) is 4.81. The fraction of sp³-hybridized carbons (Fsp3) is 0.583. The number of hydrogen-bond acceptors (Lipinski definition) is 5. The molecule has 5 N–H and O–H groups in total. The molecule has 1 unspecified atom stereocenters. The van der Waals surface area contributed by atoms with E-state index in [1.165, 1.54) is 0 Å². The molecule has 0 radical (unpaired) electrons. The highest BCUT2D eigenvalue weighted by molar-refractivity contribution is 5.51. The summed E-state index contributed by atoms with van der Waals surface area (Å²) in [6, 6.07) is 3.77. The van der Waals surface area contributed by atoms with Gasteiger partial charge in [0.15, 0.2) is 0 Å². The lowest BCUT2D eigenvalue weighted by atomic mass is 10.0. The van der Waals surface area contributed by atoms with Gasteiger partial charge in [-0.25, -0.2) is 10.8 Å². The summed E-state index contributed by atoms with van der Waals surface area (Å²) in [7, 11) is 0. The van der Waals surface area contributed by atoms with Crippen molar-refractivity contribution in [1.29, 1.82) is 0 Å². The second kappa shape index (κ2) is 7.86. The smallest absolute Gasteiger partial charge is 0.141 e. The lowest BCUT2D eigenvalue weighted by Crippen LogP contribution is -2.16. The number of aliphatic hydroxyl groups excluding tert-OH is 1. The second-order valence-electron chi connectivity index (χ2n) is 4.12. The first-order chi connectivity index (χ1) is 8.30. The molecule has 1 rings (SSSR count). The van der Waals surface area contributed by atoms with Crippen LogP contribution in [0.1, 0.15) is 26.2 Å². The summed E-state index contributed by atoms with van der Waals surface area (Å²) in [5, 5.41) is 12.3. The Labute approximate surface area is 102 Å². The van der Waals surface area contributed by atoms with Crippen molar-refractivity contribution in [3.05, 3.63) is 18.3 Å². The Bertz CT molecular complexity index is 313. The van der Waals surface area contributed by atoms with Gasteiger partial charge in [0.25, 0.3) is 0 Å². The van der Waals surface area contributed by atoms with Gasteiger partial charge < -0.3 is 15.8 Å². The zero-order chi connectivity index (χ0) is 12.5. The van der Waals surface area contributed by atoms with Crippen LogP contribution >= 0.6 is 0 Å². The molecule has 0 fully saturated rings. The van der Waals surface area contributed by atoms with E-state index in [1.54, 1.807) is 6.20 Å². The molecule has 0 saturated carbocycles. The number of pyridine rings is 1. The van der Waals surface area contributed by atoms with Gasteiger partial charge in [-0.15, -0.1) is 0 Å². The first-order valence-electron chi connectivity index (χ1n) is 6.07. The SMILES string of the molecule is CCCC(CCO)CNc1ccnc(NN)c1. The summed E-state index contributed by atoms with van der Waals surface area (Å²) in [5.74, 6) is 6.45. The number of nitrogens with zero attached hydrogens (tertiary/aromatic N) is 1. The molecule has 1 atom stereocenters. The van der Waals surface area contributed by atoms with Crippen LogP contribution in [-0.2, 0) is 0 Å². The summed E-state index contributed by atoms with van der Waals surface area (Å²) < 4.78 is 0. The first kappa shape index (κ1) is 13.7. The van der Waals surface area contributed by atoms with Crippen molar-refractivity contribution in [2.24, 2.45) is 11.8 Å². The molecule has 0 aromatic carbocycles. The number of nitrogen functional groups attached to an aromatic ring is 1. The van der Waals surface area contributed by atoms with E-state index in [1.807, 2.05) is 12.1 Å². The van der Waals surface area contributed by atoms with Crippen LogP contribution in [0.5, 0.6) is 0 Å². The van der Waals surface area contributed by atoms with Gasteiger partial charge in [-0.1, -0.05) is 13.3 Å². The summed E-state index contributed by atoms with van der Waals surface area (Å²) >= 11 is 0. The van der Waals surface area contributed by atoms with Crippen molar-refractivity contribution < 1.29 is 5.11 Å². The standard InChI is InChI=1S/C12H22N4O/c1-2-3-10(5-7-17)9-15-11-4-6-14-12(8-11)16-13/h4,6,8,10,17H,2-3,5,7,9,13H2,1H3,(H2,14,15,16). The van der Waals surface area contributed by atoms with Crippen LogP contribution < -0.4 is 16.6 Å². The highest BCUT2D eigenvalue weighted by atomic mass is 16.3. The van der Waals surface area contributed by atoms with E-state index in [2.05, 4.69) is 22.7 Å². The van der Waals surface area contributed by atoms with Crippen LogP contribution in [0.3, 0.4) is 0 Å². The third-order valence-electron chi connectivity index (χ3n) is 2.74. The Hall–Kier alpha value is -1.33. The maximum Gasteiger partial charge on any atom is 0.141 e. The van der Waals surface area contributed by atoms with E-state index in [-0.39, 0.29) is 6.61 Å². The van der Waals surface area contributed by atoms with Gasteiger partial charge in [-0.2, -0.15) is 0 Å². The van der Waals surface area contributed by atoms with Crippen LogP contribution in [0, 0.1) is 5.92 Å². The van der Waals surface area contributed by atoms with Crippen molar-refractivity contribution in [2.75, 3.05) is 23.9 Å². The lowest BCUT2D eigenvalue weighted by molar-refractivity contribution is 0.255. The topological polar surface area (TPSA) is 83.2 Å². The highest BCUT2D eigenvalue weighted by Gasteiger charge is 2.06. The maximum absolute atomic E-state index is 8.98. The van der Waals surface area contributed by atoms with E-state index in [0.29, 0.717) is 11.7 Å². The third-order valence-corrected chi connectivity index (χ3v) is 2.74. The second-order valence-corrected chi connectivity index (χ2v) is 4.12. The van der Waals surface area contributed by atoms with E-state index >= 15 is 0 Å². The number of hydrogen-bond donors (Lipinski definition) is 4. The maximum atomic E-state index is 8.98. The Balaban J connectivity index is 2.46. The molecule has 1 aromatic rings. The summed E-state index contributed by atoms with van der Waals surface area (Å²) in [4.78, 5) is 4.04. The quantitative estimate of drug-likeness (QED) is 0.408. The highest BCUT2D eigenvalue weighted by Crippen LogP contribution is 2.15. The minimum atomic E-state index is 0.248. The van der Waals surface area contributed by atoms with Crippen molar-refractivity contribution in [3.63, 3.8) is 0 Å². The number of anilines is 2. The molecule has 0 amide bonds. The van der Waals surface area contributed by atoms with Crippen LogP contribution in [0.25, 0.3) is 0 Å². The van der Waals surface area contributed by atoms with Gasteiger partial charge in [0, 0.05) is 31.1 Å². The number of nitrogens with one attached hydrogen (secondary N) is 2. The molecule has 1 heterocycles. The van der Waals surface area contributed by atoms with E-state index in [4.69, 9.17) is 10.9 Å². The van der Waals surface area contributed by atoms with E-state index in [9.17, 15) is 0 Å². The molecule has 5 heteroatoms. The summed E-state index contributed by atoms with van der Waals surface area (Å²) in [5.41, 5.74) is 3.51. The lowest BCUT2D eigenvalue weighted by Gasteiger charge is -2.16. The third kappa shape index (κ3) is 5.01. The molecular formula is C12H22N4O. The average Bonchev–Trinajstić information content (AvgIpc) is 2.37. The molecule has 0 spiro atoms. The molecule has 0 aliphatic heterocycles. The number of nitrogens with two attached hydrogens (primary N) is 1. The van der Waals surface area contributed by atoms with Gasteiger partial charge in [0.05, 0.1) is 0 Å². The molecule has 5 nitrogen and oxygen atoms in total. The van der Waals surface area contributed by atoms with Crippen LogP contribution in [-0.4, -0.2) is 23.2 Å². The number of aliphatic hydroxyl groups is 1. The monoisotopic (exact) mass is 238 g/mol. The normalized spacial score (nSPS) is 12.2. The number of rotatable bonds is 8. The molecule has 1 aromatic heterocycles. The van der Waals surface area contributed by atoms with E-state index in [0.717, 1.165) is 31.5 Å². The predicted molar refractivity (Wildman–Crippen MR) is 70.6 cm³/mol. The van der Waals surface area contributed by atoms with Gasteiger partial charge >= 0.3 is 0 Å². The minimum absolute atomic E-state index is 0.248. The fourth-order valence-corrected chi connectivity index (χ4v) is 1.82. The fourth-order valence-electron chi connectivity index (χ4n) is 1.82. The molecule has 0 aliphatic rings. The number of hydrazine groups is 1. The molecular weight excluding hydrogens is 216 g/mol. The average molecular weight is 238 g/mol. The predicted octanol–water partition coefficient (Wildman–Crippen LogP) is 1.58. The minimum Gasteiger partial charge on any atom is -0.396 e. The zero-order valence-electron chi connectivity index (χ0n) is 10.3. The van der Waals surface area contributed by atoms with Crippen LogP contribution in [0.2, 0.25) is 0 Å². The van der Waals surface area contributed by atoms with Gasteiger partial charge in [0.2, 0.25) is 0 Å². The largest absolute Gasteiger partial charge is 0.396 e. The van der Waals surface area contributed by atoms with Crippen molar-refractivity contribution >= 4 is 11.5 Å². The Morgan fingerprint density at radius 2 is 2.29 bits per heavy atom. The van der Waals surface area contributed by atoms with Crippen LogP contribution in [0.15, 0.2) is 18.3 Å². The van der Waals surface area contributed by atoms with Crippen molar-refractivity contribution in [2.45, 2.75) is 26.2 Å². The van der Waals surface area contributed by atoms with Gasteiger partial charge in [-0.3, -0.25) is 0 Å². The zero-order valence-corrected chi connectivity index (χ0v) is 10.3. The van der Waals surface area contributed by atoms with Crippen LogP contribution in [0.4, 0.5) is 11.5 Å². The molecule has 0 aliphatic carbocycles. The van der Waals surface area contributed by atoms with E-state index < -0.39 is 0 Å². The first-order valence-corrected chi connectivity index (χ1v) is 6.07. The van der Waals surface area contributed by atoms with Gasteiger partial charge in [0.1, 0.15) is 5.82 Å². The van der Waals surface area contributed by atoms with Gasteiger partial charge in [-0.05, 0) is 24.8 Å². The Morgan fingerprint density at radius 1 is 1.47 bits per heavy atom. The Morgan fingerprint density at radius 3 is 2.94 bits per heavy atom. The molecule has 0 saturated heterocycles. The van der Waals surface area contributed by atoms with Crippen molar-refractivity contribution in [3.8, 4) is 0 Å². The molecule has 96 valence electrons. The summed E-state index contributed by atoms with van der Waals surface area (Å²) in [6.45, 7) is 3.27. The molecule has 0 bridgehead atoms. The Kier molecular flexibility index (Phi) is 6.35. The number of aromatic nitrogens is 1. The molecule has 17 heavy (non-hydrogen) atoms.